The number of hydrogen-bond donors (Lipinski definition) is 0. The molecule has 32 heavy (non-hydrogen) atoms. The Hall–Kier alpha value is -2.63. The lowest BCUT2D eigenvalue weighted by atomic mass is 10.2. The molecule has 2 aromatic carbocycles. The van der Waals surface area contributed by atoms with Crippen molar-refractivity contribution in [2.24, 2.45) is 0 Å². The molecule has 0 spiro atoms. The first-order valence-electron chi connectivity index (χ1n) is 9.81. The number of benzene rings is 2. The number of thiazole rings is 1. The van der Waals surface area contributed by atoms with Crippen molar-refractivity contribution in [2.75, 3.05) is 30.9 Å². The van der Waals surface area contributed by atoms with Gasteiger partial charge in [-0.3, -0.25) is 9.69 Å². The summed E-state index contributed by atoms with van der Waals surface area (Å²) in [5.74, 6) is -2.66. The van der Waals surface area contributed by atoms with E-state index in [0.717, 1.165) is 23.8 Å². The minimum Gasteiger partial charge on any atom is -0.497 e. The van der Waals surface area contributed by atoms with E-state index >= 15 is 0 Å². The van der Waals surface area contributed by atoms with Gasteiger partial charge in [0.05, 0.1) is 29.4 Å². The molecule has 0 bridgehead atoms. The van der Waals surface area contributed by atoms with Crippen molar-refractivity contribution in [1.82, 2.24) is 4.98 Å². The number of carbonyl (C=O) groups is 1. The molecular formula is C21H20F2N2O5S2. The van der Waals surface area contributed by atoms with Crippen molar-refractivity contribution < 1.29 is 31.5 Å². The number of nitrogens with zero attached hydrogens (tertiary/aromatic N) is 2. The van der Waals surface area contributed by atoms with E-state index in [1.54, 1.807) is 0 Å². The smallest absolute Gasteiger partial charge is 0.244 e. The molecule has 0 radical (unpaired) electrons. The zero-order chi connectivity index (χ0) is 22.9. The second kappa shape index (κ2) is 9.08. The molecule has 1 saturated heterocycles. The van der Waals surface area contributed by atoms with Gasteiger partial charge in [0.1, 0.15) is 22.8 Å². The molecule has 4 rings (SSSR count). The summed E-state index contributed by atoms with van der Waals surface area (Å²) in [4.78, 5) is 18.5. The number of carbonyl (C=O) groups excluding carboxylic acids is 1. The van der Waals surface area contributed by atoms with Crippen LogP contribution in [-0.2, 0) is 19.4 Å². The number of fused-ring (bicyclic) bond motifs is 1. The molecule has 11 heteroatoms. The van der Waals surface area contributed by atoms with Gasteiger partial charge in [0.25, 0.3) is 0 Å². The quantitative estimate of drug-likeness (QED) is 0.512. The van der Waals surface area contributed by atoms with E-state index in [1.165, 1.54) is 36.3 Å². The third-order valence-electron chi connectivity index (χ3n) is 5.08. The Morgan fingerprint density at radius 1 is 1.28 bits per heavy atom. The molecule has 170 valence electrons. The van der Waals surface area contributed by atoms with Crippen LogP contribution in [0.4, 0.5) is 13.9 Å². The van der Waals surface area contributed by atoms with Gasteiger partial charge in [-0.15, -0.1) is 0 Å². The summed E-state index contributed by atoms with van der Waals surface area (Å²) in [6.07, 6.45) is 1.22. The minimum atomic E-state index is -3.96. The molecule has 0 N–H and O–H groups in total. The number of aromatic nitrogens is 1. The molecule has 1 unspecified atom stereocenters. The van der Waals surface area contributed by atoms with Gasteiger partial charge in [0, 0.05) is 12.7 Å². The Bertz CT molecular complexity index is 1240. The lowest BCUT2D eigenvalue weighted by Gasteiger charge is -2.23. The number of rotatable bonds is 7. The third-order valence-corrected chi connectivity index (χ3v) is 7.72. The number of ether oxygens (including phenoxy) is 2. The second-order valence-corrected chi connectivity index (χ2v) is 10.3. The minimum absolute atomic E-state index is 0.0267. The van der Waals surface area contributed by atoms with E-state index in [2.05, 4.69) is 4.98 Å². The van der Waals surface area contributed by atoms with E-state index in [0.29, 0.717) is 24.8 Å². The molecule has 3 aromatic rings. The number of hydrogen-bond acceptors (Lipinski definition) is 7. The van der Waals surface area contributed by atoms with Gasteiger partial charge in [-0.05, 0) is 43.2 Å². The fourth-order valence-electron chi connectivity index (χ4n) is 3.45. The first-order chi connectivity index (χ1) is 15.3. The molecule has 1 aliphatic heterocycles. The number of anilines is 1. The van der Waals surface area contributed by atoms with E-state index < -0.39 is 33.1 Å². The highest BCUT2D eigenvalue weighted by Gasteiger charge is 2.30. The van der Waals surface area contributed by atoms with Crippen LogP contribution in [0.3, 0.4) is 0 Å². The van der Waals surface area contributed by atoms with Crippen LogP contribution in [0.25, 0.3) is 10.2 Å². The Morgan fingerprint density at radius 3 is 2.69 bits per heavy atom. The maximum Gasteiger partial charge on any atom is 0.244 e. The lowest BCUT2D eigenvalue weighted by Crippen LogP contribution is -2.40. The third kappa shape index (κ3) is 4.74. The topological polar surface area (TPSA) is 85.8 Å². The van der Waals surface area contributed by atoms with Crippen LogP contribution in [0.5, 0.6) is 5.75 Å². The number of halogens is 2. The Morgan fingerprint density at radius 2 is 2.03 bits per heavy atom. The first-order valence-corrected chi connectivity index (χ1v) is 12.3. The SMILES string of the molecule is COc1ccc(S(=O)(=O)CC(=O)N(CC2CCCO2)c2nc3c(F)cc(F)cc3s2)cc1. The predicted molar refractivity (Wildman–Crippen MR) is 116 cm³/mol. The van der Waals surface area contributed by atoms with Gasteiger partial charge in [-0.25, -0.2) is 22.2 Å². The molecule has 0 aliphatic carbocycles. The van der Waals surface area contributed by atoms with Crippen molar-refractivity contribution in [1.29, 1.82) is 0 Å². The fraction of sp³-hybridized carbons (Fsp3) is 0.333. The van der Waals surface area contributed by atoms with Gasteiger partial charge < -0.3 is 9.47 Å². The molecule has 2 heterocycles. The summed E-state index contributed by atoms with van der Waals surface area (Å²) in [5, 5.41) is 0.0925. The van der Waals surface area contributed by atoms with E-state index in [1.807, 2.05) is 0 Å². The summed E-state index contributed by atoms with van der Waals surface area (Å²) in [7, 11) is -2.50. The van der Waals surface area contributed by atoms with Crippen LogP contribution in [-0.4, -0.2) is 51.4 Å². The number of amides is 1. The molecule has 1 aromatic heterocycles. The highest BCUT2D eigenvalue weighted by molar-refractivity contribution is 7.92. The summed E-state index contributed by atoms with van der Waals surface area (Å²) >= 11 is 0.919. The largest absolute Gasteiger partial charge is 0.497 e. The zero-order valence-electron chi connectivity index (χ0n) is 17.1. The van der Waals surface area contributed by atoms with Crippen LogP contribution in [0.1, 0.15) is 12.8 Å². The molecule has 1 fully saturated rings. The maximum absolute atomic E-state index is 14.2. The standard InChI is InChI=1S/C21H20F2N2O5S2/c1-29-14-4-6-16(7-5-14)32(27,28)12-19(26)25(11-15-3-2-8-30-15)21-24-20-17(23)9-13(22)10-18(20)31-21/h4-7,9-10,15H,2-3,8,11-12H2,1H3. The highest BCUT2D eigenvalue weighted by Crippen LogP contribution is 2.32. The summed E-state index contributed by atoms with van der Waals surface area (Å²) in [6, 6.07) is 7.55. The van der Waals surface area contributed by atoms with Crippen molar-refractivity contribution in [3.8, 4) is 5.75 Å². The van der Waals surface area contributed by atoms with Gasteiger partial charge in [0.2, 0.25) is 5.91 Å². The fourth-order valence-corrected chi connectivity index (χ4v) is 5.68. The number of sulfone groups is 1. The first kappa shape index (κ1) is 22.6. The van der Waals surface area contributed by atoms with E-state index in [-0.39, 0.29) is 32.9 Å². The normalized spacial score (nSPS) is 16.4. The van der Waals surface area contributed by atoms with Crippen LogP contribution >= 0.6 is 11.3 Å². The average molecular weight is 483 g/mol. The molecular weight excluding hydrogens is 462 g/mol. The number of methoxy groups -OCH3 is 1. The van der Waals surface area contributed by atoms with E-state index in [4.69, 9.17) is 9.47 Å². The van der Waals surface area contributed by atoms with Crippen molar-refractivity contribution >= 4 is 42.4 Å². The van der Waals surface area contributed by atoms with Crippen molar-refractivity contribution in [2.45, 2.75) is 23.8 Å². The molecule has 1 amide bonds. The maximum atomic E-state index is 14.2. The van der Waals surface area contributed by atoms with Gasteiger partial charge in [-0.1, -0.05) is 11.3 Å². The predicted octanol–water partition coefficient (Wildman–Crippen LogP) is 3.57. The van der Waals surface area contributed by atoms with Gasteiger partial charge in [-0.2, -0.15) is 0 Å². The molecule has 7 nitrogen and oxygen atoms in total. The van der Waals surface area contributed by atoms with Crippen LogP contribution in [0.2, 0.25) is 0 Å². The van der Waals surface area contributed by atoms with Crippen molar-refractivity contribution in [3.63, 3.8) is 0 Å². The summed E-state index contributed by atoms with van der Waals surface area (Å²) in [6.45, 7) is 0.609. The molecule has 1 aliphatic rings. The molecule has 0 saturated carbocycles. The van der Waals surface area contributed by atoms with Crippen LogP contribution in [0.15, 0.2) is 41.3 Å². The summed E-state index contributed by atoms with van der Waals surface area (Å²) in [5.41, 5.74) is -0.0745. The summed E-state index contributed by atoms with van der Waals surface area (Å²) < 4.78 is 64.3. The van der Waals surface area contributed by atoms with E-state index in [9.17, 15) is 22.0 Å². The Balaban J connectivity index is 1.65. The second-order valence-electron chi connectivity index (χ2n) is 7.30. The monoisotopic (exact) mass is 482 g/mol. The van der Waals surface area contributed by atoms with Crippen LogP contribution < -0.4 is 9.64 Å². The van der Waals surface area contributed by atoms with Gasteiger partial charge >= 0.3 is 0 Å². The van der Waals surface area contributed by atoms with Gasteiger partial charge in [0.15, 0.2) is 20.8 Å². The van der Waals surface area contributed by atoms with Crippen molar-refractivity contribution in [3.05, 3.63) is 48.0 Å². The highest BCUT2D eigenvalue weighted by atomic mass is 32.2. The zero-order valence-corrected chi connectivity index (χ0v) is 18.7. The van der Waals surface area contributed by atoms with Crippen LogP contribution in [0, 0.1) is 11.6 Å². The Kier molecular flexibility index (Phi) is 6.40. The lowest BCUT2D eigenvalue weighted by molar-refractivity contribution is -0.116. The average Bonchev–Trinajstić information content (AvgIpc) is 3.41. The molecule has 1 atom stereocenters. The Labute approximate surface area is 187 Å².